The molecule has 0 radical (unpaired) electrons. The van der Waals surface area contributed by atoms with Crippen molar-refractivity contribution in [1.82, 2.24) is 10.3 Å². The summed E-state index contributed by atoms with van der Waals surface area (Å²) in [6, 6.07) is 3.32. The number of primary amides is 1. The summed E-state index contributed by atoms with van der Waals surface area (Å²) in [5.41, 5.74) is 4.98. The van der Waals surface area contributed by atoms with Crippen LogP contribution in [0, 0.1) is 11.8 Å². The molecule has 1 fully saturated rings. The summed E-state index contributed by atoms with van der Waals surface area (Å²) < 4.78 is 5.27. The van der Waals surface area contributed by atoms with Gasteiger partial charge >= 0.3 is 0 Å². The molecule has 0 aromatic carbocycles. The third kappa shape index (κ3) is 4.65. The highest BCUT2D eigenvalue weighted by atomic mass is 35.5. The molecule has 1 aliphatic heterocycles. The highest BCUT2D eigenvalue weighted by Gasteiger charge is 2.39. The maximum atomic E-state index is 12.5. The number of nitrogens with zero attached hydrogens (tertiary/aromatic N) is 2. The number of methoxy groups -OCH3 is 1. The van der Waals surface area contributed by atoms with Crippen LogP contribution in [0.15, 0.2) is 18.3 Å². The number of ether oxygens (including phenoxy) is 1. The molecule has 0 bridgehead atoms. The van der Waals surface area contributed by atoms with Crippen molar-refractivity contribution in [3.05, 3.63) is 23.9 Å². The van der Waals surface area contributed by atoms with Gasteiger partial charge in [0, 0.05) is 32.3 Å². The van der Waals surface area contributed by atoms with E-state index in [2.05, 4.69) is 24.1 Å². The number of pyridine rings is 1. The molecule has 0 aliphatic carbocycles. The Labute approximate surface area is 161 Å². The predicted octanol–water partition coefficient (Wildman–Crippen LogP) is 1.60. The van der Waals surface area contributed by atoms with Gasteiger partial charge in [0.2, 0.25) is 0 Å². The summed E-state index contributed by atoms with van der Waals surface area (Å²) in [5, 5.41) is 3.10. The minimum Gasteiger partial charge on any atom is -0.369 e. The van der Waals surface area contributed by atoms with E-state index < -0.39 is 11.5 Å². The van der Waals surface area contributed by atoms with Crippen molar-refractivity contribution in [3.8, 4) is 0 Å². The average molecular weight is 385 g/mol. The minimum atomic E-state index is -0.891. The average Bonchev–Trinajstić information content (AvgIpc) is 2.98. The number of nitrogens with one attached hydrogen (secondary N) is 1. The Morgan fingerprint density at radius 1 is 1.38 bits per heavy atom. The summed E-state index contributed by atoms with van der Waals surface area (Å²) in [6.45, 7) is 9.01. The predicted molar refractivity (Wildman–Crippen MR) is 104 cm³/mol. The van der Waals surface area contributed by atoms with Gasteiger partial charge in [-0.2, -0.15) is 0 Å². The van der Waals surface area contributed by atoms with Gasteiger partial charge < -0.3 is 20.7 Å². The highest BCUT2D eigenvalue weighted by molar-refractivity contribution is 5.97. The van der Waals surface area contributed by atoms with E-state index in [0.717, 1.165) is 0 Å². The van der Waals surface area contributed by atoms with Gasteiger partial charge in [-0.05, 0) is 31.9 Å². The van der Waals surface area contributed by atoms with E-state index in [4.69, 9.17) is 10.5 Å². The van der Waals surface area contributed by atoms with Crippen LogP contribution >= 0.6 is 12.4 Å². The lowest BCUT2D eigenvalue weighted by Gasteiger charge is -2.28. The van der Waals surface area contributed by atoms with Gasteiger partial charge in [-0.1, -0.05) is 13.8 Å². The van der Waals surface area contributed by atoms with Crippen molar-refractivity contribution in [3.63, 3.8) is 0 Å². The first-order valence-electron chi connectivity index (χ1n) is 8.53. The first-order valence-corrected chi connectivity index (χ1v) is 8.53. The first kappa shape index (κ1) is 22.2. The Morgan fingerprint density at radius 2 is 2.04 bits per heavy atom. The van der Waals surface area contributed by atoms with Gasteiger partial charge in [0.1, 0.15) is 11.4 Å². The molecular formula is C18H29ClN4O3. The van der Waals surface area contributed by atoms with E-state index in [0.29, 0.717) is 30.4 Å². The highest BCUT2D eigenvalue weighted by Crippen LogP contribution is 2.30. The molecule has 2 rings (SSSR count). The molecule has 1 aromatic rings. The Kier molecular flexibility index (Phi) is 7.41. The molecule has 2 amide bonds. The Bertz CT molecular complexity index is 651. The van der Waals surface area contributed by atoms with Gasteiger partial charge in [-0.3, -0.25) is 9.59 Å². The van der Waals surface area contributed by atoms with Gasteiger partial charge in [0.15, 0.2) is 0 Å². The molecule has 0 unspecified atom stereocenters. The summed E-state index contributed by atoms with van der Waals surface area (Å²) in [4.78, 5) is 30.6. The van der Waals surface area contributed by atoms with Gasteiger partial charge in [-0.15, -0.1) is 12.4 Å². The van der Waals surface area contributed by atoms with Crippen molar-refractivity contribution in [2.75, 3.05) is 25.1 Å². The van der Waals surface area contributed by atoms with Crippen LogP contribution in [-0.2, 0) is 9.53 Å². The number of amides is 2. The van der Waals surface area contributed by atoms with Crippen LogP contribution < -0.4 is 16.0 Å². The Morgan fingerprint density at radius 3 is 2.58 bits per heavy atom. The van der Waals surface area contributed by atoms with Crippen molar-refractivity contribution in [1.29, 1.82) is 0 Å². The van der Waals surface area contributed by atoms with Gasteiger partial charge in [0.25, 0.3) is 11.8 Å². The number of aromatic nitrogens is 1. The molecule has 3 N–H and O–H groups in total. The van der Waals surface area contributed by atoms with E-state index >= 15 is 0 Å². The molecule has 7 nitrogen and oxygen atoms in total. The van der Waals surface area contributed by atoms with Crippen LogP contribution in [0.1, 0.15) is 38.1 Å². The molecule has 146 valence electrons. The normalized spacial score (nSPS) is 20.0. The third-order valence-corrected chi connectivity index (χ3v) is 4.95. The molecule has 1 saturated heterocycles. The van der Waals surface area contributed by atoms with Crippen molar-refractivity contribution >= 4 is 30.0 Å². The zero-order chi connectivity index (χ0) is 18.8. The summed E-state index contributed by atoms with van der Waals surface area (Å²) >= 11 is 0. The zero-order valence-electron chi connectivity index (χ0n) is 16.0. The molecule has 0 spiro atoms. The topological polar surface area (TPSA) is 97.6 Å². The largest absolute Gasteiger partial charge is 0.369 e. The number of hydrogen-bond donors (Lipinski definition) is 2. The summed E-state index contributed by atoms with van der Waals surface area (Å²) in [6.07, 6.45) is 1.64. The fraction of sp³-hybridized carbons (Fsp3) is 0.611. The van der Waals surface area contributed by atoms with Crippen LogP contribution in [0.3, 0.4) is 0 Å². The third-order valence-electron chi connectivity index (χ3n) is 4.95. The number of rotatable bonds is 6. The van der Waals surface area contributed by atoms with E-state index in [1.807, 2.05) is 4.90 Å². The van der Waals surface area contributed by atoms with Gasteiger partial charge in [-0.25, -0.2) is 4.98 Å². The van der Waals surface area contributed by atoms with Crippen molar-refractivity contribution < 1.29 is 14.3 Å². The van der Waals surface area contributed by atoms with Crippen molar-refractivity contribution in [2.45, 2.75) is 39.3 Å². The summed E-state index contributed by atoms with van der Waals surface area (Å²) in [5.74, 6) is 0.519. The minimum absolute atomic E-state index is 0. The lowest BCUT2D eigenvalue weighted by molar-refractivity contribution is -0.140. The molecule has 0 saturated carbocycles. The molecule has 26 heavy (non-hydrogen) atoms. The van der Waals surface area contributed by atoms with Crippen LogP contribution in [0.4, 0.5) is 5.82 Å². The fourth-order valence-corrected chi connectivity index (χ4v) is 3.11. The summed E-state index contributed by atoms with van der Waals surface area (Å²) in [7, 11) is 1.52. The SMILES string of the molecule is COC(C)(C)C(=O)N[C@H]1CN(c2ncccc2C(N)=O)C[C@@H]1C(C)C.Cl. The number of anilines is 1. The molecule has 1 aromatic heterocycles. The fourth-order valence-electron chi connectivity index (χ4n) is 3.11. The van der Waals surface area contributed by atoms with E-state index in [-0.39, 0.29) is 30.3 Å². The molecule has 2 heterocycles. The molecule has 1 aliphatic rings. The number of nitrogens with two attached hydrogens (primary N) is 1. The standard InChI is InChI=1S/C18H28N4O3.ClH/c1-11(2)13-9-22(16-12(15(19)23)7-6-8-20-16)10-14(13)21-17(24)18(3,4)25-5;/h6-8,11,13-14H,9-10H2,1-5H3,(H2,19,23)(H,21,24);1H/t13-,14+;/m1./s1. The van der Waals surface area contributed by atoms with Crippen LogP contribution in [-0.4, -0.2) is 48.6 Å². The van der Waals surface area contributed by atoms with Crippen LogP contribution in [0.25, 0.3) is 0 Å². The number of hydrogen-bond acceptors (Lipinski definition) is 5. The van der Waals surface area contributed by atoms with E-state index in [1.165, 1.54) is 7.11 Å². The second-order valence-electron chi connectivity index (χ2n) is 7.35. The smallest absolute Gasteiger partial charge is 0.252 e. The van der Waals surface area contributed by atoms with E-state index in [9.17, 15) is 9.59 Å². The maximum Gasteiger partial charge on any atom is 0.252 e. The van der Waals surface area contributed by atoms with E-state index in [1.54, 1.807) is 32.2 Å². The lowest BCUT2D eigenvalue weighted by atomic mass is 9.91. The van der Waals surface area contributed by atoms with Gasteiger partial charge in [0.05, 0.1) is 11.6 Å². The Hall–Kier alpha value is -1.86. The second kappa shape index (κ2) is 8.68. The maximum absolute atomic E-state index is 12.5. The van der Waals surface area contributed by atoms with Crippen LogP contribution in [0.2, 0.25) is 0 Å². The molecule has 2 atom stereocenters. The zero-order valence-corrected chi connectivity index (χ0v) is 16.8. The quantitative estimate of drug-likeness (QED) is 0.776. The molecule has 8 heteroatoms. The van der Waals surface area contributed by atoms with Crippen molar-refractivity contribution in [2.24, 2.45) is 17.6 Å². The lowest BCUT2D eigenvalue weighted by Crippen LogP contribution is -2.51. The Balaban J connectivity index is 0.00000338. The van der Waals surface area contributed by atoms with Crippen LogP contribution in [0.5, 0.6) is 0 Å². The monoisotopic (exact) mass is 384 g/mol. The molecular weight excluding hydrogens is 356 g/mol. The second-order valence-corrected chi connectivity index (χ2v) is 7.35. The number of halogens is 1. The number of carbonyl (C=O) groups excluding carboxylic acids is 2. The number of carbonyl (C=O) groups is 2. The first-order chi connectivity index (χ1) is 11.7.